The van der Waals surface area contributed by atoms with Gasteiger partial charge in [0, 0.05) is 42.3 Å². The van der Waals surface area contributed by atoms with Crippen LogP contribution in [0.2, 0.25) is 0 Å². The van der Waals surface area contributed by atoms with Gasteiger partial charge in [-0.3, -0.25) is 0 Å². The fourth-order valence-electron chi connectivity index (χ4n) is 16.7. The second kappa shape index (κ2) is 74.2. The smallest absolute Gasteiger partial charge is 0.123 e. The third kappa shape index (κ3) is 52.8. The molecule has 7 aromatic carbocycles. The Labute approximate surface area is 808 Å². The van der Waals surface area contributed by atoms with Gasteiger partial charge in [0.15, 0.2) is 0 Å². The normalized spacial score (nSPS) is 11.8. The van der Waals surface area contributed by atoms with Gasteiger partial charge in [-0.2, -0.15) is 0 Å². The highest BCUT2D eigenvalue weighted by molar-refractivity contribution is 5.45. The maximum absolute atomic E-state index is 10.2. The summed E-state index contributed by atoms with van der Waals surface area (Å²) in [4.78, 5) is 0. The molecule has 0 fully saturated rings. The average Bonchev–Trinajstić information content (AvgIpc) is 0.844. The van der Waals surface area contributed by atoms with Gasteiger partial charge in [0.25, 0.3) is 0 Å². The summed E-state index contributed by atoms with van der Waals surface area (Å²) in [6.45, 7) is 27.3. The van der Waals surface area contributed by atoms with Gasteiger partial charge < -0.3 is 71.4 Å². The largest absolute Gasteiger partial charge is 0.493 e. The number of hydrogen-bond acceptors (Lipinski definition) is 15. The highest BCUT2D eigenvalue weighted by Crippen LogP contribution is 2.35. The summed E-state index contributed by atoms with van der Waals surface area (Å²) in [6, 6.07) is 45.4. The molecule has 0 heterocycles. The van der Waals surface area contributed by atoms with Crippen molar-refractivity contribution >= 4 is 0 Å². The zero-order valence-corrected chi connectivity index (χ0v) is 85.0. The Hall–Kier alpha value is -7.98. The van der Waals surface area contributed by atoms with Crippen molar-refractivity contribution in [3.63, 3.8) is 0 Å². The van der Waals surface area contributed by atoms with E-state index >= 15 is 0 Å². The second-order valence-electron chi connectivity index (χ2n) is 37.4. The summed E-state index contributed by atoms with van der Waals surface area (Å²) in [5, 5.41) is 10.2. The van der Waals surface area contributed by atoms with Crippen LogP contribution in [0.4, 0.5) is 0 Å². The Bertz CT molecular complexity index is 3650. The molecule has 0 aliphatic carbocycles. The third-order valence-electron chi connectivity index (χ3n) is 24.9. The number of benzene rings is 7. The monoisotopic (exact) mass is 1840 g/mol. The van der Waals surface area contributed by atoms with Gasteiger partial charge in [-0.1, -0.05) is 336 Å². The second-order valence-corrected chi connectivity index (χ2v) is 37.4. The molecule has 15 heteroatoms. The summed E-state index contributed by atoms with van der Waals surface area (Å²) in [6.07, 6.45) is 57.3. The van der Waals surface area contributed by atoms with E-state index in [1.165, 1.54) is 205 Å². The van der Waals surface area contributed by atoms with Crippen molar-refractivity contribution in [2.24, 2.45) is 5.92 Å². The van der Waals surface area contributed by atoms with Crippen molar-refractivity contribution in [3.05, 3.63) is 178 Å². The Kier molecular flexibility index (Phi) is 62.5. The van der Waals surface area contributed by atoms with Crippen LogP contribution >= 0.6 is 0 Å². The number of hydrogen-bond donors (Lipinski definition) is 1. The van der Waals surface area contributed by atoms with E-state index < -0.39 is 0 Å². The molecule has 0 aliphatic rings. The van der Waals surface area contributed by atoms with E-state index in [0.717, 1.165) is 193 Å². The van der Waals surface area contributed by atoms with E-state index in [1.54, 1.807) is 0 Å². The molecule has 15 nitrogen and oxygen atoms in total. The molecule has 133 heavy (non-hydrogen) atoms. The molecule has 7 aromatic rings. The minimum absolute atomic E-state index is 0.0389. The van der Waals surface area contributed by atoms with Crippen LogP contribution in [0.5, 0.6) is 69.0 Å². The zero-order chi connectivity index (χ0) is 94.1. The van der Waals surface area contributed by atoms with Crippen LogP contribution in [0, 0.1) is 5.92 Å². The fraction of sp³-hybridized carbons (Fsp3) is 0.644. The van der Waals surface area contributed by atoms with Gasteiger partial charge in [0.2, 0.25) is 0 Å². The predicted octanol–water partition coefficient (Wildman–Crippen LogP) is 33.4. The summed E-state index contributed by atoms with van der Waals surface area (Å²) in [5.41, 5.74) is 7.55. The first-order valence-electron chi connectivity index (χ1n) is 53.8. The van der Waals surface area contributed by atoms with E-state index in [-0.39, 0.29) is 58.3 Å². The Balaban J connectivity index is 1.19. The van der Waals surface area contributed by atoms with Crippen molar-refractivity contribution in [1.29, 1.82) is 0 Å². The topological polar surface area (TPSA) is 149 Å². The molecule has 0 amide bonds. The molecular formula is C118H182O15. The Morgan fingerprint density at radius 2 is 0.376 bits per heavy atom. The lowest BCUT2D eigenvalue weighted by molar-refractivity contribution is -0.0245. The number of aliphatic hydroxyl groups is 1. The van der Waals surface area contributed by atoms with Crippen molar-refractivity contribution in [3.8, 4) is 69.0 Å². The van der Waals surface area contributed by atoms with Crippen molar-refractivity contribution < 1.29 is 71.4 Å². The van der Waals surface area contributed by atoms with E-state index in [2.05, 4.69) is 147 Å². The van der Waals surface area contributed by atoms with E-state index in [9.17, 15) is 5.11 Å². The highest BCUT2D eigenvalue weighted by Gasteiger charge is 2.22. The third-order valence-corrected chi connectivity index (χ3v) is 24.9. The summed E-state index contributed by atoms with van der Waals surface area (Å²) in [7, 11) is 0. The minimum atomic E-state index is -0.307. The first kappa shape index (κ1) is 112. The number of unbranched alkanes of at least 4 members (excludes halogenated alkanes) is 40. The zero-order valence-electron chi connectivity index (χ0n) is 85.0. The molecule has 0 aliphatic heterocycles. The minimum Gasteiger partial charge on any atom is -0.493 e. The van der Waals surface area contributed by atoms with Crippen LogP contribution < -0.4 is 56.8 Å². The molecule has 0 unspecified atom stereocenters. The van der Waals surface area contributed by atoms with Gasteiger partial charge in [-0.25, -0.2) is 0 Å². The Morgan fingerprint density at radius 1 is 0.195 bits per heavy atom. The summed E-state index contributed by atoms with van der Waals surface area (Å²) >= 11 is 0. The Morgan fingerprint density at radius 3 is 0.586 bits per heavy atom. The predicted molar refractivity (Wildman–Crippen MR) is 550 cm³/mol. The number of rotatable bonds is 87. The fourth-order valence-corrected chi connectivity index (χ4v) is 16.7. The molecule has 0 saturated carbocycles. The molecule has 2 atom stereocenters. The molecular weight excluding hydrogens is 1660 g/mol. The SMILES string of the molecule is CCCCCCCCOc1cc(COc2cc(COC[C@H](Cc3ccc(CO)cc3)[C@@H](C)OCc3cc(OCc4cc(OCCCCCCCC)cc(OCCCCCCCC)c4)cc(OCc4cc(OCCCCCCCC)cc(OCCCCCCCC)c4)c3)cc(OCc3cc(OCCCCCCCC)cc(OCCCCCCCC)c3)c2)cc(OCCCCCCCC)c1. The van der Waals surface area contributed by atoms with Crippen molar-refractivity contribution in [2.45, 2.75) is 429 Å². The molecule has 744 valence electrons. The summed E-state index contributed by atoms with van der Waals surface area (Å²) < 4.78 is 93.9. The van der Waals surface area contributed by atoms with Crippen LogP contribution in [-0.4, -0.2) is 70.7 Å². The van der Waals surface area contributed by atoms with Crippen molar-refractivity contribution in [1.82, 2.24) is 0 Å². The van der Waals surface area contributed by atoms with E-state index in [4.69, 9.17) is 66.3 Å². The molecule has 0 aromatic heterocycles. The van der Waals surface area contributed by atoms with Crippen LogP contribution in [0.3, 0.4) is 0 Å². The van der Waals surface area contributed by atoms with Gasteiger partial charge >= 0.3 is 0 Å². The van der Waals surface area contributed by atoms with Gasteiger partial charge in [-0.05, 0) is 182 Å². The van der Waals surface area contributed by atoms with Crippen LogP contribution in [-0.2, 0) is 62.1 Å². The molecule has 0 saturated heterocycles. The average molecular weight is 1840 g/mol. The number of ether oxygens (including phenoxy) is 14. The molecule has 1 N–H and O–H groups in total. The van der Waals surface area contributed by atoms with Gasteiger partial charge in [-0.15, -0.1) is 0 Å². The van der Waals surface area contributed by atoms with E-state index in [1.807, 2.05) is 48.5 Å². The highest BCUT2D eigenvalue weighted by atomic mass is 16.5. The maximum atomic E-state index is 10.2. The maximum Gasteiger partial charge on any atom is 0.123 e. The molecule has 7 rings (SSSR count). The first-order chi connectivity index (χ1) is 65.5. The molecule has 0 spiro atoms. The van der Waals surface area contributed by atoms with Crippen LogP contribution in [0.15, 0.2) is 133 Å². The quantitative estimate of drug-likeness (QED) is 0.0360. The lowest BCUT2D eigenvalue weighted by atomic mass is 9.94. The van der Waals surface area contributed by atoms with Crippen LogP contribution in [0.25, 0.3) is 0 Å². The molecule has 0 bridgehead atoms. The summed E-state index contributed by atoms with van der Waals surface area (Å²) in [5.74, 6) is 8.78. The van der Waals surface area contributed by atoms with E-state index in [0.29, 0.717) is 88.9 Å². The number of aliphatic hydroxyl groups excluding tert-OH is 1. The van der Waals surface area contributed by atoms with Crippen molar-refractivity contribution in [2.75, 3.05) is 59.5 Å². The lowest BCUT2D eigenvalue weighted by Crippen LogP contribution is -2.27. The van der Waals surface area contributed by atoms with Gasteiger partial charge in [0.05, 0.1) is 85.4 Å². The van der Waals surface area contributed by atoms with Crippen LogP contribution in [0.1, 0.15) is 415 Å². The lowest BCUT2D eigenvalue weighted by Gasteiger charge is -2.25. The van der Waals surface area contributed by atoms with Gasteiger partial charge in [0.1, 0.15) is 95.4 Å². The molecule has 0 radical (unpaired) electrons. The standard InChI is InChI=1S/C118H182O15/c1-10-18-26-34-42-50-62-121-107-73-102(74-108(83-107)122-63-51-43-35-27-19-11-2)92-130-115-71-100(72-116(87-115)131-93-103-75-109(123-64-52-44-36-28-20-12-3)84-110(76-103)124-65-53-45-37-29-21-13-4)90-120-96-106(70-98-58-60-99(89-119)61-59-98)97(9)129-91-101-81-117(132-94-104-77-111(125-66-54-46-38-30-22-14-5)85-112(78-104)126-67-55-47-39-31-23-15-6)88-118(82-101)133-95-105-79-113(127-68-56-48-40-32-24-16-7)86-114(80-105)128-69-57-49-41-33-25-17-8/h58-61,71-88,97,106,119H,10-57,62-70,89-96H2,1-9H3/t97-,106+/m1/s1. The first-order valence-corrected chi connectivity index (χ1v) is 53.8.